The molecule has 1 aromatic carbocycles. The van der Waals surface area contributed by atoms with Crippen molar-refractivity contribution in [1.29, 1.82) is 0 Å². The van der Waals surface area contributed by atoms with Gasteiger partial charge in [0, 0.05) is 6.07 Å². The molecular weight excluding hydrogens is 169 g/mol. The highest BCUT2D eigenvalue weighted by Gasteiger charge is 2.13. The summed E-state index contributed by atoms with van der Waals surface area (Å²) in [6, 6.07) is 4.12. The first-order chi connectivity index (χ1) is 5.65. The van der Waals surface area contributed by atoms with E-state index in [2.05, 4.69) is 10.8 Å². The third-order valence-electron chi connectivity index (χ3n) is 1.36. The lowest BCUT2D eigenvalue weighted by molar-refractivity contribution is 0.146. The van der Waals surface area contributed by atoms with Crippen molar-refractivity contribution in [2.45, 2.75) is 6.43 Å². The number of ether oxygens (including phenoxy) is 1. The maximum Gasteiger partial charge on any atom is 0.266 e. The van der Waals surface area contributed by atoms with Crippen LogP contribution in [-0.2, 0) is 0 Å². The summed E-state index contributed by atoms with van der Waals surface area (Å²) in [6.45, 7) is 0. The minimum absolute atomic E-state index is 0.103. The van der Waals surface area contributed by atoms with E-state index >= 15 is 0 Å². The Balaban J connectivity index is 3.08. The van der Waals surface area contributed by atoms with Crippen LogP contribution in [0.3, 0.4) is 0 Å². The quantitative estimate of drug-likeness (QED) is 0.671. The van der Waals surface area contributed by atoms with E-state index in [-0.39, 0.29) is 5.75 Å². The minimum Gasteiger partial charge on any atom is -0.496 e. The van der Waals surface area contributed by atoms with Crippen LogP contribution in [0.25, 0.3) is 0 Å². The zero-order chi connectivity index (χ0) is 9.14. The van der Waals surface area contributed by atoms with Gasteiger partial charge in [0.2, 0.25) is 0 Å². The lowest BCUT2D eigenvalue weighted by atomic mass is 10.2. The van der Waals surface area contributed by atoms with E-state index in [4.69, 9.17) is 0 Å². The Morgan fingerprint density at radius 1 is 1.50 bits per heavy atom. The third kappa shape index (κ3) is 1.69. The molecule has 1 nitrogen and oxygen atoms in total. The second-order valence-corrected chi connectivity index (χ2v) is 2.11. The van der Waals surface area contributed by atoms with E-state index in [0.29, 0.717) is 0 Å². The minimum atomic E-state index is -2.83. The highest BCUT2D eigenvalue weighted by Crippen LogP contribution is 2.25. The molecule has 1 aromatic rings. The van der Waals surface area contributed by atoms with Gasteiger partial charge >= 0.3 is 0 Å². The Kier molecular flexibility index (Phi) is 2.58. The highest BCUT2D eigenvalue weighted by atomic mass is 19.3. The van der Waals surface area contributed by atoms with Crippen molar-refractivity contribution >= 4 is 0 Å². The average Bonchev–Trinajstić information content (AvgIpc) is 2.05. The summed E-state index contributed by atoms with van der Waals surface area (Å²) in [5.41, 5.74) is -0.661. The fourth-order valence-corrected chi connectivity index (χ4v) is 0.755. The molecule has 0 aliphatic carbocycles. The molecule has 12 heavy (non-hydrogen) atoms. The smallest absolute Gasteiger partial charge is 0.266 e. The fourth-order valence-electron chi connectivity index (χ4n) is 0.755. The summed E-state index contributed by atoms with van der Waals surface area (Å²) < 4.78 is 41.3. The van der Waals surface area contributed by atoms with Crippen LogP contribution in [0.5, 0.6) is 5.75 Å². The van der Waals surface area contributed by atoms with Crippen LogP contribution in [0.1, 0.15) is 12.0 Å². The SMILES string of the molecule is COc1[c]cc(F)c(C(F)F)c1. The van der Waals surface area contributed by atoms with Gasteiger partial charge in [-0.25, -0.2) is 13.2 Å². The van der Waals surface area contributed by atoms with Crippen LogP contribution in [0, 0.1) is 11.9 Å². The molecule has 0 N–H and O–H groups in total. The van der Waals surface area contributed by atoms with Crippen LogP contribution in [0.2, 0.25) is 0 Å². The summed E-state index contributed by atoms with van der Waals surface area (Å²) in [7, 11) is 1.30. The number of hydrogen-bond acceptors (Lipinski definition) is 1. The molecule has 0 saturated carbocycles. The summed E-state index contributed by atoms with van der Waals surface area (Å²) in [6.07, 6.45) is -2.83. The van der Waals surface area contributed by atoms with Crippen molar-refractivity contribution in [1.82, 2.24) is 0 Å². The van der Waals surface area contributed by atoms with E-state index in [9.17, 15) is 13.2 Å². The molecule has 0 heterocycles. The average molecular weight is 175 g/mol. The normalized spacial score (nSPS) is 10.4. The van der Waals surface area contributed by atoms with Crippen molar-refractivity contribution in [3.8, 4) is 5.75 Å². The van der Waals surface area contributed by atoms with E-state index in [1.807, 2.05) is 0 Å². The van der Waals surface area contributed by atoms with E-state index < -0.39 is 17.8 Å². The molecule has 0 amide bonds. The van der Waals surface area contributed by atoms with Crippen molar-refractivity contribution in [3.63, 3.8) is 0 Å². The molecule has 1 radical (unpaired) electrons. The zero-order valence-corrected chi connectivity index (χ0v) is 6.27. The number of halogens is 3. The van der Waals surface area contributed by atoms with Gasteiger partial charge in [0.05, 0.1) is 12.7 Å². The summed E-state index contributed by atoms with van der Waals surface area (Å²) in [4.78, 5) is 0. The van der Waals surface area contributed by atoms with Gasteiger partial charge in [0.1, 0.15) is 11.6 Å². The van der Waals surface area contributed by atoms with Crippen molar-refractivity contribution < 1.29 is 17.9 Å². The zero-order valence-electron chi connectivity index (χ0n) is 6.27. The molecule has 0 fully saturated rings. The molecule has 65 valence electrons. The molecular formula is C8H6F3O. The summed E-state index contributed by atoms with van der Waals surface area (Å²) >= 11 is 0. The number of alkyl halides is 2. The number of rotatable bonds is 2. The second-order valence-electron chi connectivity index (χ2n) is 2.11. The summed E-state index contributed by atoms with van der Waals surface area (Å²) in [5, 5.41) is 0. The maximum absolute atomic E-state index is 12.6. The monoisotopic (exact) mass is 175 g/mol. The van der Waals surface area contributed by atoms with E-state index in [0.717, 1.165) is 12.1 Å². The van der Waals surface area contributed by atoms with Gasteiger partial charge in [0.15, 0.2) is 0 Å². The first-order valence-corrected chi connectivity index (χ1v) is 3.18. The first-order valence-electron chi connectivity index (χ1n) is 3.18. The molecule has 0 atom stereocenters. The van der Waals surface area contributed by atoms with E-state index in [1.54, 1.807) is 0 Å². The van der Waals surface area contributed by atoms with E-state index in [1.165, 1.54) is 7.11 Å². The number of methoxy groups -OCH3 is 1. The lowest BCUT2D eigenvalue weighted by Gasteiger charge is -2.03. The highest BCUT2D eigenvalue weighted by molar-refractivity contribution is 5.29. The molecule has 0 aliphatic rings. The van der Waals surface area contributed by atoms with Gasteiger partial charge < -0.3 is 4.74 Å². The van der Waals surface area contributed by atoms with Gasteiger partial charge in [-0.1, -0.05) is 0 Å². The van der Waals surface area contributed by atoms with Crippen molar-refractivity contribution in [2.24, 2.45) is 0 Å². The Hall–Kier alpha value is -1.19. The van der Waals surface area contributed by atoms with Gasteiger partial charge in [-0.05, 0) is 12.1 Å². The van der Waals surface area contributed by atoms with Crippen LogP contribution >= 0.6 is 0 Å². The third-order valence-corrected chi connectivity index (χ3v) is 1.36. The molecule has 0 saturated heterocycles. The molecule has 0 aromatic heterocycles. The molecule has 1 rings (SSSR count). The van der Waals surface area contributed by atoms with Crippen LogP contribution in [-0.4, -0.2) is 7.11 Å². The predicted molar refractivity (Wildman–Crippen MR) is 36.7 cm³/mol. The van der Waals surface area contributed by atoms with Gasteiger partial charge in [-0.15, -0.1) is 0 Å². The molecule has 0 aliphatic heterocycles. The standard InChI is InChI=1S/C8H6F3O/c1-12-5-2-3-7(9)6(4-5)8(10)11/h3-4,8H,1H3. The molecule has 0 unspecified atom stereocenters. The van der Waals surface area contributed by atoms with Crippen molar-refractivity contribution in [3.05, 3.63) is 29.6 Å². The predicted octanol–water partition coefficient (Wildman–Crippen LogP) is 2.57. The van der Waals surface area contributed by atoms with Gasteiger partial charge in [-0.3, -0.25) is 0 Å². The second kappa shape index (κ2) is 3.47. The lowest BCUT2D eigenvalue weighted by Crippen LogP contribution is -1.92. The molecule has 0 bridgehead atoms. The largest absolute Gasteiger partial charge is 0.496 e. The Bertz CT molecular complexity index is 273. The number of hydrogen-bond donors (Lipinski definition) is 0. The molecule has 0 spiro atoms. The van der Waals surface area contributed by atoms with Crippen molar-refractivity contribution in [2.75, 3.05) is 7.11 Å². The first kappa shape index (κ1) is 8.90. The Morgan fingerprint density at radius 3 is 2.67 bits per heavy atom. The summed E-state index contributed by atoms with van der Waals surface area (Å²) in [5.74, 6) is -0.863. The van der Waals surface area contributed by atoms with Gasteiger partial charge in [-0.2, -0.15) is 0 Å². The molecule has 4 heteroatoms. The van der Waals surface area contributed by atoms with Crippen LogP contribution in [0.4, 0.5) is 13.2 Å². The van der Waals surface area contributed by atoms with Crippen LogP contribution < -0.4 is 4.74 Å². The fraction of sp³-hybridized carbons (Fsp3) is 0.250. The Labute approximate surface area is 67.8 Å². The Morgan fingerprint density at radius 2 is 2.17 bits per heavy atom. The van der Waals surface area contributed by atoms with Gasteiger partial charge in [0.25, 0.3) is 6.43 Å². The van der Waals surface area contributed by atoms with Crippen LogP contribution in [0.15, 0.2) is 12.1 Å². The topological polar surface area (TPSA) is 9.23 Å². The maximum atomic E-state index is 12.6. The number of benzene rings is 1.